The van der Waals surface area contributed by atoms with Gasteiger partial charge in [-0.15, -0.1) is 0 Å². The van der Waals surface area contributed by atoms with Crippen LogP contribution < -0.4 is 9.64 Å². The minimum Gasteiger partial charge on any atom is -0.490 e. The first-order valence-electron chi connectivity index (χ1n) is 7.58. The third kappa shape index (κ3) is 5.53. The van der Waals surface area contributed by atoms with Crippen LogP contribution in [-0.2, 0) is 0 Å². The van der Waals surface area contributed by atoms with E-state index in [2.05, 4.69) is 22.6 Å². The second-order valence-corrected chi connectivity index (χ2v) is 6.10. The van der Waals surface area contributed by atoms with Crippen molar-refractivity contribution >= 4 is 40.1 Å². The topological polar surface area (TPSA) is 29.5 Å². The SMILES string of the molecule is CN(C)c1ccc(/C=C/C(=O)c2ccc(OC/C=C/[125I])cc2)cc1. The number of ketones is 1. The smallest absolute Gasteiger partial charge is 0.185 e. The van der Waals surface area contributed by atoms with Gasteiger partial charge >= 0.3 is 0 Å². The Hall–Kier alpha value is -2.08. The molecule has 2 aromatic rings. The highest BCUT2D eigenvalue weighted by atomic mass is 125. The molecule has 0 spiro atoms. The lowest BCUT2D eigenvalue weighted by Gasteiger charge is -2.11. The number of anilines is 1. The minimum atomic E-state index is -0.0228. The first-order valence-corrected chi connectivity index (χ1v) is 8.82. The number of carbonyl (C=O) groups excluding carboxylic acids is 1. The molecule has 0 fully saturated rings. The highest BCUT2D eigenvalue weighted by Crippen LogP contribution is 2.15. The Morgan fingerprint density at radius 3 is 2.33 bits per heavy atom. The third-order valence-electron chi connectivity index (χ3n) is 3.41. The van der Waals surface area contributed by atoms with Crippen LogP contribution in [0.4, 0.5) is 5.69 Å². The molecule has 0 N–H and O–H groups in total. The number of benzene rings is 2. The predicted octanol–water partition coefficient (Wildman–Crippen LogP) is 4.98. The van der Waals surface area contributed by atoms with Gasteiger partial charge in [-0.1, -0.05) is 40.8 Å². The van der Waals surface area contributed by atoms with Gasteiger partial charge in [0.05, 0.1) is 0 Å². The number of halogens is 1. The Morgan fingerprint density at radius 1 is 1.08 bits per heavy atom. The molecule has 0 heterocycles. The third-order valence-corrected chi connectivity index (χ3v) is 3.92. The number of ether oxygens (including phenoxy) is 1. The van der Waals surface area contributed by atoms with E-state index in [9.17, 15) is 4.79 Å². The zero-order valence-electron chi connectivity index (χ0n) is 13.8. The minimum absolute atomic E-state index is 0.0228. The van der Waals surface area contributed by atoms with Crippen LogP contribution in [0, 0.1) is 0 Å². The van der Waals surface area contributed by atoms with Crippen molar-refractivity contribution in [3.05, 3.63) is 75.9 Å². The van der Waals surface area contributed by atoms with Crippen molar-refractivity contribution < 1.29 is 9.53 Å². The summed E-state index contributed by atoms with van der Waals surface area (Å²) in [5.41, 5.74) is 2.78. The van der Waals surface area contributed by atoms with Gasteiger partial charge in [0.1, 0.15) is 12.4 Å². The summed E-state index contributed by atoms with van der Waals surface area (Å²) in [5, 5.41) is 0. The summed E-state index contributed by atoms with van der Waals surface area (Å²) in [6, 6.07) is 15.2. The van der Waals surface area contributed by atoms with Gasteiger partial charge in [0.15, 0.2) is 5.78 Å². The molecule has 3 nitrogen and oxygen atoms in total. The monoisotopic (exact) mass is 431 g/mol. The molecule has 24 heavy (non-hydrogen) atoms. The molecule has 0 saturated carbocycles. The normalized spacial score (nSPS) is 11.1. The zero-order valence-corrected chi connectivity index (χ0v) is 15.9. The Kier molecular flexibility index (Phi) is 7.06. The van der Waals surface area contributed by atoms with Gasteiger partial charge in [0.2, 0.25) is 0 Å². The van der Waals surface area contributed by atoms with Crippen LogP contribution in [0.15, 0.2) is 64.8 Å². The molecule has 0 saturated heterocycles. The van der Waals surface area contributed by atoms with Gasteiger partial charge in [-0.2, -0.15) is 0 Å². The average Bonchev–Trinajstić information content (AvgIpc) is 2.61. The van der Waals surface area contributed by atoms with Gasteiger partial charge in [-0.3, -0.25) is 4.79 Å². The fourth-order valence-electron chi connectivity index (χ4n) is 2.05. The lowest BCUT2D eigenvalue weighted by molar-refractivity contribution is 0.104. The van der Waals surface area contributed by atoms with E-state index >= 15 is 0 Å². The fraction of sp³-hybridized carbons (Fsp3) is 0.150. The number of rotatable bonds is 7. The van der Waals surface area contributed by atoms with E-state index in [-0.39, 0.29) is 5.78 Å². The summed E-state index contributed by atoms with van der Waals surface area (Å²) in [6.45, 7) is 0.527. The zero-order chi connectivity index (χ0) is 17.4. The Labute approximate surface area is 156 Å². The van der Waals surface area contributed by atoms with Crippen LogP contribution in [-0.4, -0.2) is 26.5 Å². The largest absolute Gasteiger partial charge is 0.490 e. The second kappa shape index (κ2) is 9.27. The molecule has 124 valence electrons. The fourth-order valence-corrected chi connectivity index (χ4v) is 2.26. The molecular formula is C20H20INO2. The van der Waals surface area contributed by atoms with E-state index in [1.165, 1.54) is 0 Å². The van der Waals surface area contributed by atoms with Gasteiger partial charge in [0.25, 0.3) is 0 Å². The molecule has 0 aliphatic carbocycles. The van der Waals surface area contributed by atoms with Crippen LogP contribution in [0.25, 0.3) is 6.08 Å². The highest BCUT2D eigenvalue weighted by molar-refractivity contribution is 14.1. The molecule has 2 aromatic carbocycles. The van der Waals surface area contributed by atoms with E-state index < -0.39 is 0 Å². The summed E-state index contributed by atoms with van der Waals surface area (Å²) < 4.78 is 7.42. The molecule has 0 bridgehead atoms. The average molecular weight is 431 g/mol. The first kappa shape index (κ1) is 18.3. The lowest BCUT2D eigenvalue weighted by atomic mass is 10.1. The van der Waals surface area contributed by atoms with Crippen molar-refractivity contribution in [1.29, 1.82) is 0 Å². The highest BCUT2D eigenvalue weighted by Gasteiger charge is 2.02. The van der Waals surface area contributed by atoms with Crippen molar-refractivity contribution in [2.75, 3.05) is 25.6 Å². The number of nitrogens with zero attached hydrogens (tertiary/aromatic N) is 1. The predicted molar refractivity (Wildman–Crippen MR) is 109 cm³/mol. The first-order chi connectivity index (χ1) is 11.6. The summed E-state index contributed by atoms with van der Waals surface area (Å²) in [5.74, 6) is 0.731. The van der Waals surface area contributed by atoms with Gasteiger partial charge < -0.3 is 9.64 Å². The Bertz CT molecular complexity index is 716. The molecule has 0 radical (unpaired) electrons. The molecule has 2 rings (SSSR count). The second-order valence-electron chi connectivity index (χ2n) is 5.38. The Balaban J connectivity index is 1.98. The van der Waals surface area contributed by atoms with E-state index in [0.717, 1.165) is 17.0 Å². The maximum absolute atomic E-state index is 12.2. The van der Waals surface area contributed by atoms with E-state index in [1.807, 2.05) is 71.6 Å². The van der Waals surface area contributed by atoms with Gasteiger partial charge in [-0.25, -0.2) is 0 Å². The number of hydrogen-bond donors (Lipinski definition) is 0. The standard InChI is InChI=1S/C20H20INO2/c1-22(2)18-9-4-16(5-10-18)6-13-20(23)17-7-11-19(12-8-17)24-15-3-14-21/h3-14H,15H2,1-2H3/b13-6+,14-3+/i21-2. The number of carbonyl (C=O) groups is 1. The molecule has 0 aliphatic heterocycles. The maximum Gasteiger partial charge on any atom is 0.185 e. The van der Waals surface area contributed by atoms with E-state index in [0.29, 0.717) is 12.2 Å². The van der Waals surface area contributed by atoms with Gasteiger partial charge in [-0.05, 0) is 58.2 Å². The van der Waals surface area contributed by atoms with Crippen molar-refractivity contribution in [2.45, 2.75) is 0 Å². The van der Waals surface area contributed by atoms with E-state index in [1.54, 1.807) is 18.2 Å². The molecule has 0 unspecified atom stereocenters. The quantitative estimate of drug-likeness (QED) is 0.352. The van der Waals surface area contributed by atoms with Crippen molar-refractivity contribution in [2.24, 2.45) is 0 Å². The van der Waals surface area contributed by atoms with Crippen LogP contribution in [0.5, 0.6) is 5.75 Å². The summed E-state index contributed by atoms with van der Waals surface area (Å²) in [6.07, 6.45) is 5.35. The number of hydrogen-bond acceptors (Lipinski definition) is 3. The molecule has 4 heteroatoms. The van der Waals surface area contributed by atoms with E-state index in [4.69, 9.17) is 4.74 Å². The summed E-state index contributed by atoms with van der Waals surface area (Å²) in [7, 11) is 4.00. The Morgan fingerprint density at radius 2 is 1.75 bits per heavy atom. The van der Waals surface area contributed by atoms with Crippen LogP contribution in [0.2, 0.25) is 0 Å². The van der Waals surface area contributed by atoms with Gasteiger partial charge in [0, 0.05) is 25.3 Å². The lowest BCUT2D eigenvalue weighted by Crippen LogP contribution is -2.07. The molecular weight excluding hydrogens is 411 g/mol. The van der Waals surface area contributed by atoms with Crippen LogP contribution in [0.3, 0.4) is 0 Å². The summed E-state index contributed by atoms with van der Waals surface area (Å²) >= 11 is 2.15. The van der Waals surface area contributed by atoms with Crippen LogP contribution in [0.1, 0.15) is 15.9 Å². The molecule has 0 aromatic heterocycles. The van der Waals surface area contributed by atoms with Crippen molar-refractivity contribution in [3.63, 3.8) is 0 Å². The van der Waals surface area contributed by atoms with Crippen LogP contribution >= 0.6 is 22.6 Å². The van der Waals surface area contributed by atoms with Crippen molar-refractivity contribution in [1.82, 2.24) is 0 Å². The summed E-state index contributed by atoms with van der Waals surface area (Å²) in [4.78, 5) is 14.3. The maximum atomic E-state index is 12.2. The molecule has 0 atom stereocenters. The van der Waals surface area contributed by atoms with Crippen molar-refractivity contribution in [3.8, 4) is 5.75 Å². The number of allylic oxidation sites excluding steroid dienone is 1. The molecule has 0 aliphatic rings. The molecule has 0 amide bonds.